The molecule has 0 saturated carbocycles. The summed E-state index contributed by atoms with van der Waals surface area (Å²) < 4.78 is 2.39. The molecule has 74 heavy (non-hydrogen) atoms. The van der Waals surface area contributed by atoms with Crippen LogP contribution in [0.25, 0.3) is 105 Å². The van der Waals surface area contributed by atoms with Gasteiger partial charge in [-0.25, -0.2) is 0 Å². The summed E-state index contributed by atoms with van der Waals surface area (Å²) >= 11 is 0. The maximum atomic E-state index is 2.39. The van der Waals surface area contributed by atoms with Gasteiger partial charge in [-0.3, -0.25) is 0 Å². The van der Waals surface area contributed by atoms with Crippen LogP contribution in [0.4, 0.5) is 17.1 Å². The predicted molar refractivity (Wildman–Crippen MR) is 314 cm³/mol. The van der Waals surface area contributed by atoms with E-state index in [4.69, 9.17) is 0 Å². The second-order valence-electron chi connectivity index (χ2n) is 19.0. The zero-order valence-corrected chi connectivity index (χ0v) is 40.8. The van der Waals surface area contributed by atoms with E-state index in [1.165, 1.54) is 83.0 Å². The van der Waals surface area contributed by atoms with Gasteiger partial charge in [0.1, 0.15) is 0 Å². The van der Waals surface area contributed by atoms with E-state index in [-0.39, 0.29) is 0 Å². The molecule has 0 spiro atoms. The molecule has 0 amide bonds. The van der Waals surface area contributed by atoms with E-state index in [0.717, 1.165) is 39.4 Å². The van der Waals surface area contributed by atoms with Crippen LogP contribution in [0.1, 0.15) is 0 Å². The average molecular weight is 943 g/mol. The Bertz CT molecular complexity index is 3870. The summed E-state index contributed by atoms with van der Waals surface area (Å²) in [7, 11) is 0. The first-order valence-corrected chi connectivity index (χ1v) is 25.4. The number of anilines is 3. The molecule has 0 fully saturated rings. The molecule has 0 bridgehead atoms. The van der Waals surface area contributed by atoms with E-state index in [1.54, 1.807) is 0 Å². The van der Waals surface area contributed by atoms with Crippen LogP contribution in [-0.2, 0) is 0 Å². The van der Waals surface area contributed by atoms with Gasteiger partial charge in [0, 0.05) is 33.5 Å². The highest BCUT2D eigenvalue weighted by molar-refractivity contribution is 6.09. The Morgan fingerprint density at radius 3 is 0.797 bits per heavy atom. The molecule has 0 atom stereocenters. The first-order chi connectivity index (χ1) is 36.7. The molecule has 1 heterocycles. The van der Waals surface area contributed by atoms with Gasteiger partial charge in [0.05, 0.1) is 11.0 Å². The molecule has 12 aromatic carbocycles. The summed E-state index contributed by atoms with van der Waals surface area (Å²) in [4.78, 5) is 2.36. The summed E-state index contributed by atoms with van der Waals surface area (Å²) in [5.74, 6) is 0. The zero-order chi connectivity index (χ0) is 49.2. The fraction of sp³-hybridized carbons (Fsp3) is 0. The van der Waals surface area contributed by atoms with Crippen molar-refractivity contribution in [1.29, 1.82) is 0 Å². The van der Waals surface area contributed by atoms with Gasteiger partial charge in [-0.05, 0) is 163 Å². The van der Waals surface area contributed by atoms with Gasteiger partial charge >= 0.3 is 0 Å². The number of benzene rings is 12. The minimum Gasteiger partial charge on any atom is -0.311 e. The van der Waals surface area contributed by atoms with Crippen molar-refractivity contribution >= 4 is 38.9 Å². The van der Waals surface area contributed by atoms with Crippen LogP contribution < -0.4 is 4.90 Å². The molecule has 348 valence electrons. The molecule has 0 unspecified atom stereocenters. The van der Waals surface area contributed by atoms with Crippen molar-refractivity contribution in [2.75, 3.05) is 4.90 Å². The Balaban J connectivity index is 0.838. The van der Waals surface area contributed by atoms with Crippen molar-refractivity contribution in [2.45, 2.75) is 0 Å². The van der Waals surface area contributed by atoms with E-state index < -0.39 is 0 Å². The van der Waals surface area contributed by atoms with Crippen LogP contribution in [0.15, 0.2) is 303 Å². The highest BCUT2D eigenvalue weighted by Gasteiger charge is 2.16. The van der Waals surface area contributed by atoms with Crippen LogP contribution >= 0.6 is 0 Å². The Morgan fingerprint density at radius 2 is 0.446 bits per heavy atom. The maximum absolute atomic E-state index is 2.39. The molecule has 2 heteroatoms. The topological polar surface area (TPSA) is 8.17 Å². The molecule has 0 aliphatic rings. The van der Waals surface area contributed by atoms with Gasteiger partial charge < -0.3 is 9.47 Å². The Labute approximate surface area is 433 Å². The third kappa shape index (κ3) is 8.65. The molecule has 0 saturated heterocycles. The fourth-order valence-corrected chi connectivity index (χ4v) is 10.7. The zero-order valence-electron chi connectivity index (χ0n) is 40.8. The van der Waals surface area contributed by atoms with Crippen LogP contribution in [0.2, 0.25) is 0 Å². The van der Waals surface area contributed by atoms with Crippen LogP contribution in [0.5, 0.6) is 0 Å². The number of para-hydroxylation sites is 2. The lowest BCUT2D eigenvalue weighted by Crippen LogP contribution is -2.09. The van der Waals surface area contributed by atoms with Gasteiger partial charge in [0.25, 0.3) is 0 Å². The molecule has 0 radical (unpaired) electrons. The van der Waals surface area contributed by atoms with E-state index >= 15 is 0 Å². The number of nitrogens with zero attached hydrogens (tertiary/aromatic N) is 2. The molecule has 1 aromatic heterocycles. The van der Waals surface area contributed by atoms with Crippen molar-refractivity contribution in [3.63, 3.8) is 0 Å². The first-order valence-electron chi connectivity index (χ1n) is 25.4. The van der Waals surface area contributed by atoms with Crippen LogP contribution in [0, 0.1) is 0 Å². The van der Waals surface area contributed by atoms with E-state index in [9.17, 15) is 0 Å². The summed E-state index contributed by atoms with van der Waals surface area (Å²) in [6.45, 7) is 0. The van der Waals surface area contributed by atoms with E-state index in [0.29, 0.717) is 0 Å². The Kier molecular flexibility index (Phi) is 11.6. The minimum absolute atomic E-state index is 1.08. The van der Waals surface area contributed by atoms with Gasteiger partial charge in [-0.2, -0.15) is 0 Å². The molecular weight excluding hydrogens is 893 g/mol. The lowest BCUT2D eigenvalue weighted by molar-refractivity contribution is 1.18. The summed E-state index contributed by atoms with van der Waals surface area (Å²) in [5, 5.41) is 2.52. The molecular formula is C72H50N2. The largest absolute Gasteiger partial charge is 0.311 e. The molecule has 0 N–H and O–H groups in total. The van der Waals surface area contributed by atoms with Crippen molar-refractivity contribution < 1.29 is 0 Å². The van der Waals surface area contributed by atoms with Crippen LogP contribution in [-0.4, -0.2) is 4.57 Å². The SMILES string of the molecule is c1ccc(-c2cccc(-c3cccc(-c4ccc(N(c5ccc(-c6cccc(-c7cccc(-c8ccccc8)c7)c6)cc5)c5ccc(-c6cccc(-n7c8ccccc8c8ccccc87)c6)cc5)cc4)c3)c2)cc1. The average Bonchev–Trinajstić information content (AvgIpc) is 3.83. The molecule has 0 aliphatic carbocycles. The molecule has 13 aromatic rings. The molecule has 2 nitrogen and oxygen atoms in total. The van der Waals surface area contributed by atoms with Crippen molar-refractivity contribution in [3.8, 4) is 83.6 Å². The standard InChI is InChI=1S/C72H50N2/c1-3-16-51(17-4-1)56-20-11-24-60(46-56)62-26-13-22-58(48-62)53-34-40-65(41-35-53)73(66-42-36-54(37-43-66)59-23-14-27-63(49-59)61-25-12-21-57(47-61)52-18-5-2-6-19-52)67-44-38-55(39-45-67)64-28-15-29-68(50-64)74-71-32-9-7-30-69(71)70-31-8-10-33-72(70)74/h1-50H. The second-order valence-corrected chi connectivity index (χ2v) is 19.0. The quantitative estimate of drug-likeness (QED) is 0.125. The van der Waals surface area contributed by atoms with Gasteiger partial charge in [-0.1, -0.05) is 218 Å². The normalized spacial score (nSPS) is 11.2. The second kappa shape index (κ2) is 19.4. The van der Waals surface area contributed by atoms with Crippen molar-refractivity contribution in [3.05, 3.63) is 303 Å². The lowest BCUT2D eigenvalue weighted by Gasteiger charge is -2.26. The van der Waals surface area contributed by atoms with Gasteiger partial charge in [0.2, 0.25) is 0 Å². The van der Waals surface area contributed by atoms with E-state index in [2.05, 4.69) is 313 Å². The number of fused-ring (bicyclic) bond motifs is 3. The first kappa shape index (κ1) is 44.2. The number of hydrogen-bond donors (Lipinski definition) is 0. The van der Waals surface area contributed by atoms with Gasteiger partial charge in [-0.15, -0.1) is 0 Å². The van der Waals surface area contributed by atoms with E-state index in [1.807, 2.05) is 0 Å². The highest BCUT2D eigenvalue weighted by atomic mass is 15.1. The Morgan fingerprint density at radius 1 is 0.189 bits per heavy atom. The van der Waals surface area contributed by atoms with Crippen molar-refractivity contribution in [2.24, 2.45) is 0 Å². The summed E-state index contributed by atoms with van der Waals surface area (Å²) in [6.07, 6.45) is 0. The Hall–Kier alpha value is -9.76. The molecule has 0 aliphatic heterocycles. The third-order valence-corrected chi connectivity index (χ3v) is 14.4. The van der Waals surface area contributed by atoms with Gasteiger partial charge in [0.15, 0.2) is 0 Å². The highest BCUT2D eigenvalue weighted by Crippen LogP contribution is 2.40. The summed E-state index contributed by atoms with van der Waals surface area (Å²) in [6, 6.07) is 110. The number of hydrogen-bond acceptors (Lipinski definition) is 1. The smallest absolute Gasteiger partial charge is 0.0541 e. The minimum atomic E-state index is 1.08. The number of rotatable bonds is 11. The predicted octanol–water partition coefficient (Wildman–Crippen LogP) is 19.9. The number of aromatic nitrogens is 1. The third-order valence-electron chi connectivity index (χ3n) is 14.4. The summed E-state index contributed by atoms with van der Waals surface area (Å²) in [5.41, 5.74) is 23.4. The monoisotopic (exact) mass is 942 g/mol. The van der Waals surface area contributed by atoms with Crippen molar-refractivity contribution in [1.82, 2.24) is 4.57 Å². The lowest BCUT2D eigenvalue weighted by atomic mass is 9.96. The van der Waals surface area contributed by atoms with Crippen LogP contribution in [0.3, 0.4) is 0 Å². The maximum Gasteiger partial charge on any atom is 0.0541 e. The molecule has 13 rings (SSSR count). The fourth-order valence-electron chi connectivity index (χ4n) is 10.7.